The van der Waals surface area contributed by atoms with Crippen molar-refractivity contribution in [1.29, 1.82) is 0 Å². The summed E-state index contributed by atoms with van der Waals surface area (Å²) >= 11 is 0. The van der Waals surface area contributed by atoms with Gasteiger partial charge in [-0.1, -0.05) is 6.07 Å². The van der Waals surface area contributed by atoms with Crippen molar-refractivity contribution in [1.82, 2.24) is 10.2 Å². The van der Waals surface area contributed by atoms with Crippen molar-refractivity contribution in [3.63, 3.8) is 0 Å². The van der Waals surface area contributed by atoms with E-state index in [1.54, 1.807) is 18.2 Å². The lowest BCUT2D eigenvalue weighted by atomic mass is 9.99. The quantitative estimate of drug-likeness (QED) is 0.375. The Labute approximate surface area is 131 Å². The van der Waals surface area contributed by atoms with E-state index in [1.807, 2.05) is 26.8 Å². The lowest BCUT2D eigenvalue weighted by molar-refractivity contribution is -0.751. The SMILES string of the molecule is Cc1cc(C)c(OCCN2CCNC2=O)c(C)c1/C=[N+](\C)O. The van der Waals surface area contributed by atoms with Gasteiger partial charge in [-0.05, 0) is 36.6 Å². The fraction of sp³-hybridized carbons (Fsp3) is 0.500. The Kier molecular flexibility index (Phi) is 4.90. The van der Waals surface area contributed by atoms with Crippen molar-refractivity contribution >= 4 is 12.2 Å². The van der Waals surface area contributed by atoms with E-state index in [1.165, 1.54) is 0 Å². The molecule has 1 aromatic rings. The third kappa shape index (κ3) is 3.50. The number of ether oxygens (including phenoxy) is 1. The van der Waals surface area contributed by atoms with Crippen LogP contribution in [0.3, 0.4) is 0 Å². The lowest BCUT2D eigenvalue weighted by Gasteiger charge is -2.18. The topological polar surface area (TPSA) is 64.8 Å². The highest BCUT2D eigenvalue weighted by atomic mass is 16.5. The minimum atomic E-state index is -0.0307. The van der Waals surface area contributed by atoms with Crippen LogP contribution in [0.5, 0.6) is 5.75 Å². The molecule has 1 aliphatic rings. The third-order valence-electron chi connectivity index (χ3n) is 3.83. The normalized spacial score (nSPS) is 15.2. The molecule has 2 rings (SSSR count). The van der Waals surface area contributed by atoms with Crippen LogP contribution in [-0.4, -0.2) is 60.4 Å². The van der Waals surface area contributed by atoms with Gasteiger partial charge in [0.25, 0.3) is 0 Å². The van der Waals surface area contributed by atoms with Gasteiger partial charge in [0.05, 0.1) is 12.1 Å². The smallest absolute Gasteiger partial charge is 0.317 e. The molecule has 0 aromatic heterocycles. The maximum absolute atomic E-state index is 11.5. The Hall–Kier alpha value is -2.24. The van der Waals surface area contributed by atoms with Crippen LogP contribution in [0.2, 0.25) is 0 Å². The second-order valence-electron chi connectivity index (χ2n) is 5.65. The first-order valence-electron chi connectivity index (χ1n) is 7.43. The monoisotopic (exact) mass is 306 g/mol. The molecule has 1 fully saturated rings. The largest absolute Gasteiger partial charge is 0.491 e. The van der Waals surface area contributed by atoms with Crippen molar-refractivity contribution in [2.24, 2.45) is 0 Å². The van der Waals surface area contributed by atoms with Crippen LogP contribution in [0.15, 0.2) is 6.07 Å². The summed E-state index contributed by atoms with van der Waals surface area (Å²) in [5, 5.41) is 12.2. The van der Waals surface area contributed by atoms with Crippen molar-refractivity contribution < 1.29 is 19.5 Å². The summed E-state index contributed by atoms with van der Waals surface area (Å²) in [6.07, 6.45) is 1.67. The Balaban J connectivity index is 2.13. The average molecular weight is 306 g/mol. The molecule has 0 aliphatic carbocycles. The van der Waals surface area contributed by atoms with Gasteiger partial charge >= 0.3 is 6.03 Å². The Morgan fingerprint density at radius 2 is 2.14 bits per heavy atom. The standard InChI is InChI=1S/C16H23N3O3/c1-11-9-12(2)15(13(3)14(11)10-18(4)21)22-8-7-19-6-5-17-16(19)20/h9-10H,5-8H2,1-4H3,(H-,17,20,21)/p+1/b18-10+. The number of benzene rings is 1. The van der Waals surface area contributed by atoms with Gasteiger partial charge in [0.15, 0.2) is 7.05 Å². The van der Waals surface area contributed by atoms with E-state index < -0.39 is 0 Å². The number of hydrogen-bond donors (Lipinski definition) is 2. The number of nitrogens with zero attached hydrogens (tertiary/aromatic N) is 2. The van der Waals surface area contributed by atoms with Crippen LogP contribution in [-0.2, 0) is 0 Å². The maximum atomic E-state index is 11.5. The summed E-state index contributed by atoms with van der Waals surface area (Å²) in [6.45, 7) is 8.43. The van der Waals surface area contributed by atoms with Crippen molar-refractivity contribution in [3.8, 4) is 5.75 Å². The molecule has 1 aromatic carbocycles. The Morgan fingerprint density at radius 3 is 2.73 bits per heavy atom. The van der Waals surface area contributed by atoms with Crippen LogP contribution in [0.4, 0.5) is 4.79 Å². The van der Waals surface area contributed by atoms with E-state index in [-0.39, 0.29) is 6.03 Å². The summed E-state index contributed by atoms with van der Waals surface area (Å²) in [7, 11) is 1.57. The molecule has 0 spiro atoms. The summed E-state index contributed by atoms with van der Waals surface area (Å²) in [5.41, 5.74) is 4.08. The number of urea groups is 1. The van der Waals surface area contributed by atoms with E-state index in [9.17, 15) is 10.0 Å². The van der Waals surface area contributed by atoms with Crippen LogP contribution >= 0.6 is 0 Å². The fourth-order valence-electron chi connectivity index (χ4n) is 2.77. The minimum absolute atomic E-state index is 0.0307. The number of rotatable bonds is 5. The molecule has 0 atom stereocenters. The van der Waals surface area contributed by atoms with Crippen molar-refractivity contribution in [3.05, 3.63) is 28.3 Å². The number of aryl methyl sites for hydroxylation is 2. The van der Waals surface area contributed by atoms with Crippen LogP contribution in [0.1, 0.15) is 22.3 Å². The molecule has 0 saturated carbocycles. The molecule has 6 heteroatoms. The van der Waals surface area contributed by atoms with Gasteiger partial charge in [0, 0.05) is 18.7 Å². The number of hydroxylamine groups is 1. The molecular weight excluding hydrogens is 282 g/mol. The molecule has 6 nitrogen and oxygen atoms in total. The third-order valence-corrected chi connectivity index (χ3v) is 3.83. The second kappa shape index (κ2) is 6.68. The van der Waals surface area contributed by atoms with Gasteiger partial charge in [-0.15, -0.1) is 0 Å². The van der Waals surface area contributed by atoms with Gasteiger partial charge in [0.2, 0.25) is 6.21 Å². The molecule has 0 unspecified atom stereocenters. The van der Waals surface area contributed by atoms with Gasteiger partial charge in [-0.2, -0.15) is 0 Å². The maximum Gasteiger partial charge on any atom is 0.317 e. The predicted molar refractivity (Wildman–Crippen MR) is 84.3 cm³/mol. The molecule has 0 bridgehead atoms. The van der Waals surface area contributed by atoms with E-state index in [0.29, 0.717) is 19.7 Å². The second-order valence-corrected chi connectivity index (χ2v) is 5.65. The summed E-state index contributed by atoms with van der Waals surface area (Å²) in [4.78, 5) is 13.2. The Bertz CT molecular complexity index is 607. The van der Waals surface area contributed by atoms with E-state index in [4.69, 9.17) is 4.74 Å². The van der Waals surface area contributed by atoms with Crippen molar-refractivity contribution in [2.45, 2.75) is 20.8 Å². The Morgan fingerprint density at radius 1 is 1.41 bits per heavy atom. The number of carbonyl (C=O) groups excluding carboxylic acids is 1. The molecule has 120 valence electrons. The zero-order valence-electron chi connectivity index (χ0n) is 13.6. The minimum Gasteiger partial charge on any atom is -0.491 e. The molecule has 1 saturated heterocycles. The highest BCUT2D eigenvalue weighted by molar-refractivity contribution is 5.82. The fourth-order valence-corrected chi connectivity index (χ4v) is 2.77. The van der Waals surface area contributed by atoms with E-state index in [0.717, 1.165) is 39.3 Å². The predicted octanol–water partition coefficient (Wildman–Crippen LogP) is 1.47. The first-order chi connectivity index (χ1) is 10.4. The summed E-state index contributed by atoms with van der Waals surface area (Å²) in [5.74, 6) is 0.818. The van der Waals surface area contributed by atoms with Crippen LogP contribution < -0.4 is 10.1 Å². The van der Waals surface area contributed by atoms with E-state index >= 15 is 0 Å². The summed E-state index contributed by atoms with van der Waals surface area (Å²) in [6, 6.07) is 2.01. The number of carbonyl (C=O) groups is 1. The lowest BCUT2D eigenvalue weighted by Crippen LogP contribution is -2.32. The van der Waals surface area contributed by atoms with Gasteiger partial charge in [-0.3, -0.25) is 5.21 Å². The number of amides is 2. The molecular formula is C16H24N3O3+. The molecule has 2 N–H and O–H groups in total. The molecule has 22 heavy (non-hydrogen) atoms. The summed E-state index contributed by atoms with van der Waals surface area (Å²) < 4.78 is 6.96. The van der Waals surface area contributed by atoms with E-state index in [2.05, 4.69) is 5.32 Å². The highest BCUT2D eigenvalue weighted by Gasteiger charge is 2.19. The number of hydrogen-bond acceptors (Lipinski definition) is 3. The van der Waals surface area contributed by atoms with Gasteiger partial charge < -0.3 is 15.0 Å². The zero-order valence-corrected chi connectivity index (χ0v) is 13.6. The van der Waals surface area contributed by atoms with Crippen molar-refractivity contribution in [2.75, 3.05) is 33.3 Å². The van der Waals surface area contributed by atoms with Crippen LogP contribution in [0.25, 0.3) is 0 Å². The molecule has 1 heterocycles. The van der Waals surface area contributed by atoms with Crippen LogP contribution in [0, 0.1) is 20.8 Å². The first kappa shape index (κ1) is 16.1. The first-order valence-corrected chi connectivity index (χ1v) is 7.43. The van der Waals surface area contributed by atoms with Gasteiger partial charge in [0.1, 0.15) is 12.4 Å². The molecule has 0 radical (unpaired) electrons. The zero-order chi connectivity index (χ0) is 16.3. The highest BCUT2D eigenvalue weighted by Crippen LogP contribution is 2.28. The average Bonchev–Trinajstić information content (AvgIpc) is 2.84. The molecule has 2 amide bonds. The number of nitrogens with one attached hydrogen (secondary N) is 1. The van der Waals surface area contributed by atoms with Gasteiger partial charge in [-0.25, -0.2) is 4.79 Å². The molecule has 1 aliphatic heterocycles.